The van der Waals surface area contributed by atoms with Crippen LogP contribution in [0, 0.1) is 5.82 Å². The summed E-state index contributed by atoms with van der Waals surface area (Å²) in [4.78, 5) is 33.2. The monoisotopic (exact) mass is 317 g/mol. The molecule has 0 unspecified atom stereocenters. The summed E-state index contributed by atoms with van der Waals surface area (Å²) in [6.45, 7) is 0. The van der Waals surface area contributed by atoms with Crippen molar-refractivity contribution in [2.24, 2.45) is 5.73 Å². The van der Waals surface area contributed by atoms with Crippen LogP contribution in [0.3, 0.4) is 0 Å². The van der Waals surface area contributed by atoms with Gasteiger partial charge in [-0.05, 0) is 24.6 Å². The van der Waals surface area contributed by atoms with E-state index >= 15 is 0 Å². The standard InChI is InChI=1S/C12H13ClFN3O4/c13-7-2-1-6(5-8(7)14)16-12(21)17-9(11(19)20)3-4-10(15)18/h1-2,5,9H,3-4H2,(H2,15,18)(H,19,20)(H2,16,17,21)/t9-/m1/s1. The lowest BCUT2D eigenvalue weighted by atomic mass is 10.1. The number of aliphatic carboxylic acids is 1. The number of nitrogens with two attached hydrogens (primary N) is 1. The molecule has 21 heavy (non-hydrogen) atoms. The van der Waals surface area contributed by atoms with Gasteiger partial charge in [0, 0.05) is 12.1 Å². The molecule has 3 amide bonds. The van der Waals surface area contributed by atoms with Gasteiger partial charge in [0.2, 0.25) is 5.91 Å². The maximum Gasteiger partial charge on any atom is 0.326 e. The molecule has 0 saturated carbocycles. The minimum absolute atomic E-state index is 0.105. The summed E-state index contributed by atoms with van der Waals surface area (Å²) in [6, 6.07) is 1.45. The molecule has 1 aromatic carbocycles. The number of amides is 3. The lowest BCUT2D eigenvalue weighted by Crippen LogP contribution is -2.43. The SMILES string of the molecule is NC(=O)CC[C@@H](NC(=O)Nc1ccc(Cl)c(F)c1)C(=O)O. The van der Waals surface area contributed by atoms with Crippen molar-refractivity contribution in [2.45, 2.75) is 18.9 Å². The maximum atomic E-state index is 13.2. The van der Waals surface area contributed by atoms with Gasteiger partial charge in [0.25, 0.3) is 0 Å². The molecular weight excluding hydrogens is 305 g/mol. The Hall–Kier alpha value is -2.35. The number of anilines is 1. The van der Waals surface area contributed by atoms with Gasteiger partial charge in [-0.3, -0.25) is 4.79 Å². The number of carboxylic acids is 1. The molecule has 0 aliphatic heterocycles. The van der Waals surface area contributed by atoms with Crippen molar-refractivity contribution in [1.29, 1.82) is 0 Å². The predicted molar refractivity (Wildman–Crippen MR) is 73.4 cm³/mol. The van der Waals surface area contributed by atoms with Crippen molar-refractivity contribution in [3.05, 3.63) is 29.0 Å². The van der Waals surface area contributed by atoms with Gasteiger partial charge in [-0.15, -0.1) is 0 Å². The number of primary amides is 1. The van der Waals surface area contributed by atoms with Gasteiger partial charge in [0.15, 0.2) is 0 Å². The van der Waals surface area contributed by atoms with E-state index in [1.54, 1.807) is 0 Å². The summed E-state index contributed by atoms with van der Waals surface area (Å²) in [5.74, 6) is -2.71. The third kappa shape index (κ3) is 5.65. The Labute approximate surface area is 124 Å². The average molecular weight is 318 g/mol. The first-order chi connectivity index (χ1) is 9.79. The normalized spacial score (nSPS) is 11.5. The lowest BCUT2D eigenvalue weighted by Gasteiger charge is -2.14. The first kappa shape index (κ1) is 16.7. The fraction of sp³-hybridized carbons (Fsp3) is 0.250. The Morgan fingerprint density at radius 1 is 1.38 bits per heavy atom. The van der Waals surface area contributed by atoms with Gasteiger partial charge in [0.05, 0.1) is 5.02 Å². The van der Waals surface area contributed by atoms with Gasteiger partial charge >= 0.3 is 12.0 Å². The zero-order chi connectivity index (χ0) is 16.0. The van der Waals surface area contributed by atoms with E-state index < -0.39 is 29.8 Å². The van der Waals surface area contributed by atoms with Crippen LogP contribution in [0.5, 0.6) is 0 Å². The molecule has 9 heteroatoms. The van der Waals surface area contributed by atoms with E-state index in [4.69, 9.17) is 22.4 Å². The smallest absolute Gasteiger partial charge is 0.326 e. The number of hydrogen-bond donors (Lipinski definition) is 4. The molecule has 0 aromatic heterocycles. The average Bonchev–Trinajstić information content (AvgIpc) is 2.38. The minimum Gasteiger partial charge on any atom is -0.480 e. The topological polar surface area (TPSA) is 122 Å². The van der Waals surface area contributed by atoms with Crippen LogP contribution in [0.2, 0.25) is 5.02 Å². The van der Waals surface area contributed by atoms with Gasteiger partial charge in [-0.1, -0.05) is 11.6 Å². The van der Waals surface area contributed by atoms with E-state index in [0.717, 1.165) is 6.07 Å². The van der Waals surface area contributed by atoms with Gasteiger partial charge < -0.3 is 21.5 Å². The summed E-state index contributed by atoms with van der Waals surface area (Å²) in [6.07, 6.45) is -0.333. The number of hydrogen-bond acceptors (Lipinski definition) is 3. The summed E-state index contributed by atoms with van der Waals surface area (Å²) in [5, 5.41) is 13.2. The third-order valence-corrected chi connectivity index (χ3v) is 2.77. The Balaban J connectivity index is 2.62. The summed E-state index contributed by atoms with van der Waals surface area (Å²) in [5.41, 5.74) is 5.02. The zero-order valence-electron chi connectivity index (χ0n) is 10.7. The molecule has 1 rings (SSSR count). The van der Waals surface area contributed by atoms with E-state index in [9.17, 15) is 18.8 Å². The van der Waals surface area contributed by atoms with Crippen LogP contribution in [0.25, 0.3) is 0 Å². The van der Waals surface area contributed by atoms with Crippen LogP contribution in [-0.2, 0) is 9.59 Å². The number of halogens is 2. The number of nitrogens with one attached hydrogen (secondary N) is 2. The van der Waals surface area contributed by atoms with Crippen molar-refractivity contribution >= 4 is 35.2 Å². The molecule has 0 spiro atoms. The minimum atomic E-state index is -1.31. The highest BCUT2D eigenvalue weighted by molar-refractivity contribution is 6.30. The molecule has 114 valence electrons. The van der Waals surface area contributed by atoms with Crippen LogP contribution >= 0.6 is 11.6 Å². The summed E-state index contributed by atoms with van der Waals surface area (Å²) >= 11 is 5.49. The van der Waals surface area contributed by atoms with Crippen LogP contribution in [0.15, 0.2) is 18.2 Å². The predicted octanol–water partition coefficient (Wildman–Crippen LogP) is 1.32. The van der Waals surface area contributed by atoms with Crippen molar-refractivity contribution < 1.29 is 23.9 Å². The highest BCUT2D eigenvalue weighted by Crippen LogP contribution is 2.18. The quantitative estimate of drug-likeness (QED) is 0.632. The van der Waals surface area contributed by atoms with E-state index in [1.807, 2.05) is 0 Å². The third-order valence-electron chi connectivity index (χ3n) is 2.46. The second kappa shape index (κ2) is 7.44. The van der Waals surface area contributed by atoms with Crippen LogP contribution in [0.4, 0.5) is 14.9 Å². The van der Waals surface area contributed by atoms with E-state index in [-0.39, 0.29) is 23.6 Å². The first-order valence-electron chi connectivity index (χ1n) is 5.83. The molecule has 0 aliphatic rings. The highest BCUT2D eigenvalue weighted by Gasteiger charge is 2.20. The zero-order valence-corrected chi connectivity index (χ0v) is 11.5. The first-order valence-corrected chi connectivity index (χ1v) is 6.21. The number of carbonyl (C=O) groups is 3. The number of rotatable bonds is 6. The molecule has 0 bridgehead atoms. The maximum absolute atomic E-state index is 13.2. The van der Waals surface area contributed by atoms with E-state index in [1.165, 1.54) is 12.1 Å². The highest BCUT2D eigenvalue weighted by atomic mass is 35.5. The number of carboxylic acid groups (broad SMARTS) is 1. The second-order valence-electron chi connectivity index (χ2n) is 4.12. The van der Waals surface area contributed by atoms with Gasteiger partial charge in [-0.2, -0.15) is 0 Å². The van der Waals surface area contributed by atoms with Crippen molar-refractivity contribution in [2.75, 3.05) is 5.32 Å². The van der Waals surface area contributed by atoms with E-state index in [2.05, 4.69) is 10.6 Å². The fourth-order valence-corrected chi connectivity index (χ4v) is 1.56. The van der Waals surface area contributed by atoms with Crippen LogP contribution in [0.1, 0.15) is 12.8 Å². The number of urea groups is 1. The molecule has 0 saturated heterocycles. The largest absolute Gasteiger partial charge is 0.480 e. The second-order valence-corrected chi connectivity index (χ2v) is 4.53. The number of carbonyl (C=O) groups excluding carboxylic acids is 2. The molecule has 1 atom stereocenters. The Kier molecular flexibility index (Phi) is 5.92. The van der Waals surface area contributed by atoms with Gasteiger partial charge in [0.1, 0.15) is 11.9 Å². The van der Waals surface area contributed by atoms with Crippen molar-refractivity contribution in [1.82, 2.24) is 5.32 Å². The molecule has 0 aliphatic carbocycles. The van der Waals surface area contributed by atoms with Crippen LogP contribution in [-0.4, -0.2) is 29.1 Å². The summed E-state index contributed by atoms with van der Waals surface area (Å²) < 4.78 is 13.2. The molecule has 0 radical (unpaired) electrons. The fourth-order valence-electron chi connectivity index (χ4n) is 1.44. The van der Waals surface area contributed by atoms with Crippen molar-refractivity contribution in [3.63, 3.8) is 0 Å². The molecule has 5 N–H and O–H groups in total. The Bertz CT molecular complexity index is 567. The molecule has 0 heterocycles. The summed E-state index contributed by atoms with van der Waals surface area (Å²) in [7, 11) is 0. The molecule has 7 nitrogen and oxygen atoms in total. The van der Waals surface area contributed by atoms with E-state index in [0.29, 0.717) is 0 Å². The molecule has 1 aromatic rings. The Morgan fingerprint density at radius 3 is 2.57 bits per heavy atom. The number of benzene rings is 1. The molecule has 0 fully saturated rings. The Morgan fingerprint density at radius 2 is 2.05 bits per heavy atom. The molecular formula is C12H13ClFN3O4. The van der Waals surface area contributed by atoms with Gasteiger partial charge in [-0.25, -0.2) is 14.0 Å². The van der Waals surface area contributed by atoms with Crippen LogP contribution < -0.4 is 16.4 Å². The van der Waals surface area contributed by atoms with Crippen molar-refractivity contribution in [3.8, 4) is 0 Å². The lowest BCUT2D eigenvalue weighted by molar-refractivity contribution is -0.139.